The van der Waals surface area contributed by atoms with Crippen LogP contribution in [0.2, 0.25) is 0 Å². The van der Waals surface area contributed by atoms with Crippen LogP contribution in [0.5, 0.6) is 0 Å². The minimum atomic E-state index is -2.59. The van der Waals surface area contributed by atoms with Gasteiger partial charge < -0.3 is 10.8 Å². The van der Waals surface area contributed by atoms with Crippen LogP contribution in [-0.2, 0) is 4.79 Å². The lowest BCUT2D eigenvalue weighted by molar-refractivity contribution is -0.140. The van der Waals surface area contributed by atoms with E-state index >= 15 is 0 Å². The molecule has 0 unspecified atom stereocenters. The molecule has 76 valence electrons. The molecule has 5 N–H and O–H groups in total. The predicted octanol–water partition coefficient (Wildman–Crippen LogP) is 0.335. The molecule has 6 heteroatoms. The van der Waals surface area contributed by atoms with Gasteiger partial charge in [-0.3, -0.25) is 13.9 Å². The quantitative estimate of drug-likeness (QED) is 0.499. The minimum Gasteiger partial charge on any atom is -0.480 e. The molecule has 0 spiro atoms. The Morgan fingerprint density at radius 1 is 1.62 bits per heavy atom. The fraction of sp³-hybridized carbons (Fsp3) is 0.571. The molecule has 0 radical (unpaired) electrons. The molecule has 1 rings (SSSR count). The molecule has 5 nitrogen and oxygen atoms in total. The zero-order chi connectivity index (χ0) is 10.3. The monoisotopic (exact) mass is 207 g/mol. The van der Waals surface area contributed by atoms with Crippen LogP contribution in [0.15, 0.2) is 12.7 Å². The van der Waals surface area contributed by atoms with Gasteiger partial charge in [-0.05, 0) is 0 Å². The van der Waals surface area contributed by atoms with Crippen molar-refractivity contribution in [3.63, 3.8) is 0 Å². The number of carboxylic acid groups (broad SMARTS) is 1. The van der Waals surface area contributed by atoms with Crippen LogP contribution >= 0.6 is 10.6 Å². The average molecular weight is 207 g/mol. The van der Waals surface area contributed by atoms with Gasteiger partial charge in [-0.2, -0.15) is 10.6 Å². The van der Waals surface area contributed by atoms with Gasteiger partial charge in [0.05, 0.1) is 11.5 Å². The molecule has 1 saturated heterocycles. The zero-order valence-electron chi connectivity index (χ0n) is 7.01. The lowest BCUT2D eigenvalue weighted by atomic mass is 9.84. The van der Waals surface area contributed by atoms with Crippen molar-refractivity contribution in [2.24, 2.45) is 11.1 Å². The van der Waals surface area contributed by atoms with Crippen molar-refractivity contribution >= 4 is 16.6 Å². The van der Waals surface area contributed by atoms with E-state index in [1.807, 2.05) is 0 Å². The summed E-state index contributed by atoms with van der Waals surface area (Å²) in [4.78, 5) is 10.6. The largest absolute Gasteiger partial charge is 0.480 e. The molecule has 1 aliphatic heterocycles. The van der Waals surface area contributed by atoms with Crippen molar-refractivity contribution in [1.29, 1.82) is 0 Å². The number of hydrogen-bond acceptors (Lipinski definition) is 4. The Hall–Kier alpha value is -0.560. The fourth-order valence-electron chi connectivity index (χ4n) is 1.49. The Kier molecular flexibility index (Phi) is 2.42. The third-order valence-electron chi connectivity index (χ3n) is 2.29. The minimum absolute atomic E-state index is 0.0109. The molecular formula is C7H13NO4S. The molecule has 0 aliphatic carbocycles. The SMILES string of the molecule is C=CC1([C@H](N)C(=O)O)CS(O)(O)C1. The van der Waals surface area contributed by atoms with Gasteiger partial charge in [-0.15, -0.1) is 6.58 Å². The van der Waals surface area contributed by atoms with Crippen LogP contribution in [0.25, 0.3) is 0 Å². The first kappa shape index (κ1) is 10.5. The molecule has 0 saturated carbocycles. The third-order valence-corrected chi connectivity index (χ3v) is 4.29. The highest BCUT2D eigenvalue weighted by Gasteiger charge is 2.52. The fourth-order valence-corrected chi connectivity index (χ4v) is 3.72. The van der Waals surface area contributed by atoms with Crippen molar-refractivity contribution in [3.05, 3.63) is 12.7 Å². The number of nitrogens with two attached hydrogens (primary N) is 1. The van der Waals surface area contributed by atoms with Crippen LogP contribution in [0.1, 0.15) is 0 Å². The van der Waals surface area contributed by atoms with Crippen LogP contribution in [-0.4, -0.2) is 37.7 Å². The topological polar surface area (TPSA) is 104 Å². The second-order valence-corrected chi connectivity index (χ2v) is 5.53. The molecule has 1 fully saturated rings. The lowest BCUT2D eigenvalue weighted by Gasteiger charge is -2.55. The molecule has 0 amide bonds. The van der Waals surface area contributed by atoms with Crippen LogP contribution in [0.4, 0.5) is 0 Å². The number of carboxylic acids is 1. The summed E-state index contributed by atoms with van der Waals surface area (Å²) in [6.45, 7) is 3.47. The van der Waals surface area contributed by atoms with Gasteiger partial charge in [0.15, 0.2) is 0 Å². The van der Waals surface area contributed by atoms with Crippen molar-refractivity contribution < 1.29 is 19.0 Å². The van der Waals surface area contributed by atoms with Gasteiger partial charge in [0.2, 0.25) is 0 Å². The summed E-state index contributed by atoms with van der Waals surface area (Å²) in [5.74, 6) is -1.12. The van der Waals surface area contributed by atoms with E-state index in [0.717, 1.165) is 0 Å². The number of rotatable bonds is 3. The number of carbonyl (C=O) groups is 1. The summed E-state index contributed by atoms with van der Waals surface area (Å²) in [6, 6.07) is -1.11. The normalized spacial score (nSPS) is 28.2. The summed E-state index contributed by atoms with van der Waals surface area (Å²) in [7, 11) is -2.59. The Balaban J connectivity index is 2.76. The maximum absolute atomic E-state index is 10.6. The van der Waals surface area contributed by atoms with Crippen molar-refractivity contribution in [2.45, 2.75) is 6.04 Å². The Labute approximate surface area is 77.6 Å². The predicted molar refractivity (Wildman–Crippen MR) is 50.8 cm³/mol. The molecule has 0 aromatic heterocycles. The van der Waals surface area contributed by atoms with Gasteiger partial charge >= 0.3 is 5.97 Å². The highest BCUT2D eigenvalue weighted by atomic mass is 32.3. The number of aliphatic carboxylic acids is 1. The van der Waals surface area contributed by atoms with E-state index in [-0.39, 0.29) is 11.5 Å². The maximum atomic E-state index is 10.6. The first-order chi connectivity index (χ1) is 5.83. The second kappa shape index (κ2) is 2.98. The first-order valence-electron chi connectivity index (χ1n) is 3.68. The zero-order valence-corrected chi connectivity index (χ0v) is 7.83. The lowest BCUT2D eigenvalue weighted by Crippen LogP contribution is -2.58. The van der Waals surface area contributed by atoms with E-state index in [1.54, 1.807) is 0 Å². The van der Waals surface area contributed by atoms with E-state index in [4.69, 9.17) is 19.9 Å². The summed E-state index contributed by atoms with van der Waals surface area (Å²) in [5, 5.41) is 8.66. The Morgan fingerprint density at radius 2 is 2.08 bits per heavy atom. The van der Waals surface area contributed by atoms with Crippen LogP contribution < -0.4 is 5.73 Å². The first-order valence-corrected chi connectivity index (χ1v) is 5.57. The van der Waals surface area contributed by atoms with E-state index in [0.29, 0.717) is 0 Å². The van der Waals surface area contributed by atoms with E-state index < -0.39 is 28.0 Å². The highest BCUT2D eigenvalue weighted by molar-refractivity contribution is 8.25. The van der Waals surface area contributed by atoms with Gasteiger partial charge in [0.25, 0.3) is 0 Å². The van der Waals surface area contributed by atoms with Gasteiger partial charge in [-0.25, -0.2) is 0 Å². The van der Waals surface area contributed by atoms with Crippen LogP contribution in [0, 0.1) is 5.41 Å². The molecule has 1 heterocycles. The summed E-state index contributed by atoms with van der Waals surface area (Å²) in [6.07, 6.45) is 1.41. The molecule has 1 atom stereocenters. The van der Waals surface area contributed by atoms with E-state index in [1.165, 1.54) is 6.08 Å². The van der Waals surface area contributed by atoms with E-state index in [9.17, 15) is 4.79 Å². The third kappa shape index (κ3) is 1.71. The molecule has 0 aromatic rings. The second-order valence-electron chi connectivity index (χ2n) is 3.34. The Bertz CT molecular complexity index is 245. The van der Waals surface area contributed by atoms with Crippen molar-refractivity contribution in [2.75, 3.05) is 11.5 Å². The van der Waals surface area contributed by atoms with E-state index in [2.05, 4.69) is 6.58 Å². The molecule has 13 heavy (non-hydrogen) atoms. The summed E-state index contributed by atoms with van der Waals surface area (Å²) < 4.78 is 18.3. The molecule has 1 aliphatic rings. The summed E-state index contributed by atoms with van der Waals surface area (Å²) in [5.41, 5.74) is 4.57. The van der Waals surface area contributed by atoms with Gasteiger partial charge in [0.1, 0.15) is 6.04 Å². The van der Waals surface area contributed by atoms with Gasteiger partial charge in [0, 0.05) is 5.41 Å². The van der Waals surface area contributed by atoms with Gasteiger partial charge in [-0.1, -0.05) is 6.08 Å². The van der Waals surface area contributed by atoms with Crippen molar-refractivity contribution in [1.82, 2.24) is 0 Å². The number of hydrogen-bond donors (Lipinski definition) is 4. The Morgan fingerprint density at radius 3 is 2.31 bits per heavy atom. The summed E-state index contributed by atoms with van der Waals surface area (Å²) >= 11 is 0. The smallest absolute Gasteiger partial charge is 0.321 e. The average Bonchev–Trinajstić information content (AvgIpc) is 1.97. The maximum Gasteiger partial charge on any atom is 0.321 e. The molecular weight excluding hydrogens is 194 g/mol. The van der Waals surface area contributed by atoms with Crippen molar-refractivity contribution in [3.8, 4) is 0 Å². The highest BCUT2D eigenvalue weighted by Crippen LogP contribution is 2.60. The van der Waals surface area contributed by atoms with Crippen LogP contribution in [0.3, 0.4) is 0 Å². The molecule has 0 bridgehead atoms. The standard InChI is InChI=1S/C7H13NO4S/c1-2-7(5(8)6(9)10)3-13(11,12)4-7/h2,5,11-12H,1,3-4,8H2,(H,9,10)/t5-/m1/s1. The molecule has 0 aromatic carbocycles.